The van der Waals surface area contributed by atoms with Gasteiger partial charge in [0.2, 0.25) is 5.82 Å². The lowest BCUT2D eigenvalue weighted by atomic mass is 10.2. The van der Waals surface area contributed by atoms with Crippen molar-refractivity contribution in [1.82, 2.24) is 24.9 Å². The van der Waals surface area contributed by atoms with E-state index in [0.717, 1.165) is 5.56 Å². The number of aromatic nitrogens is 4. The Bertz CT molecular complexity index is 737. The summed E-state index contributed by atoms with van der Waals surface area (Å²) in [5.74, 6) is 0.0987. The van der Waals surface area contributed by atoms with E-state index >= 15 is 0 Å². The van der Waals surface area contributed by atoms with Crippen LogP contribution in [0.15, 0.2) is 42.7 Å². The predicted octanol–water partition coefficient (Wildman–Crippen LogP) is 1.71. The van der Waals surface area contributed by atoms with Crippen LogP contribution >= 0.6 is 11.6 Å². The van der Waals surface area contributed by atoms with Crippen molar-refractivity contribution in [3.63, 3.8) is 0 Å². The van der Waals surface area contributed by atoms with Crippen LogP contribution < -0.4 is 5.32 Å². The quantitative estimate of drug-likeness (QED) is 0.796. The SMILES string of the molecule is O=C(NCc1ccccc1Cl)c1nc2ncccn2n1. The number of nitrogens with zero attached hydrogens (tertiary/aromatic N) is 4. The maximum atomic E-state index is 12.0. The van der Waals surface area contributed by atoms with Gasteiger partial charge in [-0.1, -0.05) is 29.8 Å². The van der Waals surface area contributed by atoms with Gasteiger partial charge >= 0.3 is 0 Å². The third-order valence-corrected chi connectivity index (χ3v) is 3.09. The smallest absolute Gasteiger partial charge is 0.291 e. The molecule has 3 rings (SSSR count). The summed E-state index contributed by atoms with van der Waals surface area (Å²) in [6, 6.07) is 9.04. The van der Waals surface area contributed by atoms with E-state index in [2.05, 4.69) is 20.4 Å². The molecule has 0 aliphatic rings. The van der Waals surface area contributed by atoms with Crippen molar-refractivity contribution >= 4 is 23.3 Å². The summed E-state index contributed by atoms with van der Waals surface area (Å²) in [7, 11) is 0. The van der Waals surface area contributed by atoms with Gasteiger partial charge in [0, 0.05) is 24.0 Å². The molecule has 0 radical (unpaired) electrons. The molecule has 1 amide bonds. The van der Waals surface area contributed by atoms with E-state index in [0.29, 0.717) is 17.3 Å². The first kappa shape index (κ1) is 12.6. The number of fused-ring (bicyclic) bond motifs is 1. The van der Waals surface area contributed by atoms with Crippen LogP contribution in [0.1, 0.15) is 16.2 Å². The monoisotopic (exact) mass is 287 g/mol. The second-order valence-electron chi connectivity index (χ2n) is 4.07. The van der Waals surface area contributed by atoms with E-state index in [1.807, 2.05) is 18.2 Å². The third kappa shape index (κ3) is 2.46. The Kier molecular flexibility index (Phi) is 3.30. The van der Waals surface area contributed by atoms with Gasteiger partial charge in [0.1, 0.15) is 0 Å². The van der Waals surface area contributed by atoms with Crippen LogP contribution in [0.25, 0.3) is 5.78 Å². The fourth-order valence-electron chi connectivity index (χ4n) is 1.73. The molecule has 100 valence electrons. The first-order valence-corrected chi connectivity index (χ1v) is 6.31. The van der Waals surface area contributed by atoms with E-state index in [1.165, 1.54) is 4.52 Å². The van der Waals surface area contributed by atoms with E-state index in [9.17, 15) is 4.79 Å². The maximum Gasteiger partial charge on any atom is 0.291 e. The topological polar surface area (TPSA) is 72.2 Å². The van der Waals surface area contributed by atoms with E-state index in [4.69, 9.17) is 11.6 Å². The second kappa shape index (κ2) is 5.26. The minimum atomic E-state index is -0.365. The van der Waals surface area contributed by atoms with Crippen molar-refractivity contribution in [2.24, 2.45) is 0 Å². The Labute approximate surface area is 119 Å². The molecule has 1 aromatic carbocycles. The lowest BCUT2D eigenvalue weighted by Crippen LogP contribution is -2.24. The molecule has 6 nitrogen and oxygen atoms in total. The molecule has 2 aromatic heterocycles. The van der Waals surface area contributed by atoms with Crippen LogP contribution in [0.2, 0.25) is 5.02 Å². The number of carbonyl (C=O) groups is 1. The fourth-order valence-corrected chi connectivity index (χ4v) is 1.93. The van der Waals surface area contributed by atoms with Crippen molar-refractivity contribution in [3.8, 4) is 0 Å². The number of nitrogens with one attached hydrogen (secondary N) is 1. The average molecular weight is 288 g/mol. The van der Waals surface area contributed by atoms with Crippen molar-refractivity contribution in [2.45, 2.75) is 6.54 Å². The maximum absolute atomic E-state index is 12.0. The molecule has 0 spiro atoms. The molecule has 0 saturated heterocycles. The fraction of sp³-hybridized carbons (Fsp3) is 0.0769. The molecule has 0 bridgehead atoms. The summed E-state index contributed by atoms with van der Waals surface area (Å²) in [6.45, 7) is 0.321. The van der Waals surface area contributed by atoms with Crippen molar-refractivity contribution in [1.29, 1.82) is 0 Å². The van der Waals surface area contributed by atoms with Gasteiger partial charge in [-0.3, -0.25) is 4.79 Å². The minimum Gasteiger partial charge on any atom is -0.345 e. The van der Waals surface area contributed by atoms with Gasteiger partial charge in [-0.2, -0.15) is 4.98 Å². The molecular formula is C13H10ClN5O. The van der Waals surface area contributed by atoms with Gasteiger partial charge in [-0.05, 0) is 17.7 Å². The van der Waals surface area contributed by atoms with Gasteiger partial charge in [0.05, 0.1) is 0 Å². The Morgan fingerprint density at radius 1 is 1.30 bits per heavy atom. The predicted molar refractivity (Wildman–Crippen MR) is 73.4 cm³/mol. The van der Waals surface area contributed by atoms with Crippen LogP contribution in [-0.4, -0.2) is 25.5 Å². The number of hydrogen-bond acceptors (Lipinski definition) is 4. The van der Waals surface area contributed by atoms with Crippen molar-refractivity contribution in [2.75, 3.05) is 0 Å². The van der Waals surface area contributed by atoms with E-state index in [-0.39, 0.29) is 11.7 Å². The van der Waals surface area contributed by atoms with Gasteiger partial charge < -0.3 is 5.32 Å². The molecule has 0 fully saturated rings. The molecule has 7 heteroatoms. The standard InChI is InChI=1S/C13H10ClN5O/c14-10-5-2-1-4-9(10)8-16-12(20)11-17-13-15-6-3-7-19(13)18-11/h1-7H,8H2,(H,16,20). The number of amides is 1. The number of hydrogen-bond donors (Lipinski definition) is 1. The highest BCUT2D eigenvalue weighted by molar-refractivity contribution is 6.31. The Morgan fingerprint density at radius 3 is 2.95 bits per heavy atom. The highest BCUT2D eigenvalue weighted by atomic mass is 35.5. The molecule has 20 heavy (non-hydrogen) atoms. The highest BCUT2D eigenvalue weighted by Gasteiger charge is 2.13. The Morgan fingerprint density at radius 2 is 2.15 bits per heavy atom. The highest BCUT2D eigenvalue weighted by Crippen LogP contribution is 2.14. The zero-order valence-electron chi connectivity index (χ0n) is 10.3. The third-order valence-electron chi connectivity index (χ3n) is 2.72. The largest absolute Gasteiger partial charge is 0.345 e. The molecule has 0 aliphatic carbocycles. The van der Waals surface area contributed by atoms with Crippen molar-refractivity contribution in [3.05, 3.63) is 59.1 Å². The van der Waals surface area contributed by atoms with Gasteiger partial charge in [-0.15, -0.1) is 5.10 Å². The summed E-state index contributed by atoms with van der Waals surface area (Å²) in [4.78, 5) is 20.0. The first-order chi connectivity index (χ1) is 9.74. The molecule has 0 aliphatic heterocycles. The molecule has 0 unspecified atom stereocenters. The zero-order chi connectivity index (χ0) is 13.9. The van der Waals surface area contributed by atoms with Gasteiger partial charge in [0.25, 0.3) is 11.7 Å². The van der Waals surface area contributed by atoms with Gasteiger partial charge in [0.15, 0.2) is 0 Å². The zero-order valence-corrected chi connectivity index (χ0v) is 11.1. The number of carbonyl (C=O) groups excluding carboxylic acids is 1. The van der Waals surface area contributed by atoms with Crippen LogP contribution in [0, 0.1) is 0 Å². The van der Waals surface area contributed by atoms with Crippen LogP contribution in [0.4, 0.5) is 0 Å². The number of halogens is 1. The van der Waals surface area contributed by atoms with Crippen LogP contribution in [-0.2, 0) is 6.54 Å². The Hall–Kier alpha value is -2.47. The van der Waals surface area contributed by atoms with Crippen molar-refractivity contribution < 1.29 is 4.79 Å². The molecule has 0 atom stereocenters. The molecule has 2 heterocycles. The van der Waals surface area contributed by atoms with E-state index < -0.39 is 0 Å². The molecule has 1 N–H and O–H groups in total. The van der Waals surface area contributed by atoms with E-state index in [1.54, 1.807) is 24.5 Å². The molecular weight excluding hydrogens is 278 g/mol. The molecule has 0 saturated carbocycles. The van der Waals surface area contributed by atoms with Gasteiger partial charge in [-0.25, -0.2) is 9.50 Å². The lowest BCUT2D eigenvalue weighted by Gasteiger charge is -2.04. The first-order valence-electron chi connectivity index (χ1n) is 5.93. The molecule has 3 aromatic rings. The van der Waals surface area contributed by atoms with Crippen LogP contribution in [0.3, 0.4) is 0 Å². The lowest BCUT2D eigenvalue weighted by molar-refractivity contribution is 0.0941. The Balaban J connectivity index is 1.75. The number of rotatable bonds is 3. The summed E-state index contributed by atoms with van der Waals surface area (Å²) in [5, 5.41) is 7.38. The van der Waals surface area contributed by atoms with Crippen LogP contribution in [0.5, 0.6) is 0 Å². The number of benzene rings is 1. The minimum absolute atomic E-state index is 0.0794. The average Bonchev–Trinajstić information content (AvgIpc) is 2.90. The second-order valence-corrected chi connectivity index (χ2v) is 4.48. The summed E-state index contributed by atoms with van der Waals surface area (Å²) < 4.78 is 1.45. The summed E-state index contributed by atoms with van der Waals surface area (Å²) in [6.07, 6.45) is 3.27. The summed E-state index contributed by atoms with van der Waals surface area (Å²) in [5.41, 5.74) is 0.837. The summed E-state index contributed by atoms with van der Waals surface area (Å²) >= 11 is 6.02. The normalized spacial score (nSPS) is 10.7.